The van der Waals surface area contributed by atoms with Crippen LogP contribution in [0.5, 0.6) is 0 Å². The summed E-state index contributed by atoms with van der Waals surface area (Å²) in [6.07, 6.45) is 0. The number of hydrogen-bond donors (Lipinski definition) is 0. The monoisotopic (exact) mass is 726 g/mol. The van der Waals surface area contributed by atoms with Crippen LogP contribution in [0, 0.1) is 0 Å². The molecule has 12 aromatic rings. The van der Waals surface area contributed by atoms with E-state index in [-0.39, 0.29) is 89.8 Å². The standard InChI is InChI=1S/C45H24N4S3/c1-5-16-34-31(13-1)40-35(22-21-30-27-11-3-8-19-38(27)52-42(30)40)49(34)45-47-43(25-20-23-39-33(24-25)28-12-4-6-17-36(28)50-39)46-44(48-45)32-15-9-14-29-26-10-2-7-18-37(26)51-41(29)32/h1-24H/i1D,3D,5D,8D,11D,13D,16D,19D,21D,22D. The van der Waals surface area contributed by atoms with Crippen LogP contribution >= 0.6 is 34.0 Å². The normalized spacial score (nSPS) is 14.9. The average molecular weight is 727 g/mol. The molecule has 5 heterocycles. The van der Waals surface area contributed by atoms with Crippen LogP contribution in [-0.4, -0.2) is 19.5 Å². The molecule has 7 heteroatoms. The van der Waals surface area contributed by atoms with Gasteiger partial charge in [0.2, 0.25) is 5.95 Å². The molecule has 0 amide bonds. The van der Waals surface area contributed by atoms with E-state index in [1.54, 1.807) is 22.7 Å². The first-order chi connectivity index (χ1) is 29.9. The van der Waals surface area contributed by atoms with E-state index in [0.29, 0.717) is 11.1 Å². The molecule has 0 saturated heterocycles. The highest BCUT2D eigenvalue weighted by Gasteiger charge is 2.22. The molecule has 0 bridgehead atoms. The van der Waals surface area contributed by atoms with Gasteiger partial charge < -0.3 is 0 Å². The number of fused-ring (bicyclic) bond motifs is 13. The fourth-order valence-corrected chi connectivity index (χ4v) is 10.7. The zero-order valence-electron chi connectivity index (χ0n) is 36.6. The second-order valence-corrected chi connectivity index (χ2v) is 15.6. The molecule has 0 saturated carbocycles. The molecule has 0 aliphatic rings. The van der Waals surface area contributed by atoms with Crippen molar-refractivity contribution >= 4 is 116 Å². The quantitative estimate of drug-likeness (QED) is 0.182. The number of thiophene rings is 3. The average Bonchev–Trinajstić information content (AvgIpc) is 4.07. The molecule has 0 spiro atoms. The van der Waals surface area contributed by atoms with Crippen molar-refractivity contribution in [2.45, 2.75) is 0 Å². The molecular formula is C45H24N4S3. The smallest absolute Gasteiger partial charge is 0.238 e. The van der Waals surface area contributed by atoms with E-state index in [1.807, 2.05) is 54.6 Å². The molecule has 0 aliphatic heterocycles. The lowest BCUT2D eigenvalue weighted by molar-refractivity contribution is 0.955. The molecule has 0 N–H and O–H groups in total. The van der Waals surface area contributed by atoms with Gasteiger partial charge in [0.05, 0.1) is 24.7 Å². The summed E-state index contributed by atoms with van der Waals surface area (Å²) < 4.78 is 96.0. The highest BCUT2D eigenvalue weighted by Crippen LogP contribution is 2.44. The van der Waals surface area contributed by atoms with E-state index in [4.69, 9.17) is 23.2 Å². The minimum absolute atomic E-state index is 0.0223. The third-order valence-corrected chi connectivity index (χ3v) is 13.1. The molecule has 0 radical (unpaired) electrons. The first-order valence-corrected chi connectivity index (χ1v) is 18.8. The molecule has 0 unspecified atom stereocenters. The molecule has 52 heavy (non-hydrogen) atoms. The van der Waals surface area contributed by atoms with Gasteiger partial charge in [-0.3, -0.25) is 4.57 Å². The van der Waals surface area contributed by atoms with Gasteiger partial charge in [-0.25, -0.2) is 4.98 Å². The van der Waals surface area contributed by atoms with Crippen LogP contribution < -0.4 is 0 Å². The number of aromatic nitrogens is 4. The number of benzene rings is 7. The van der Waals surface area contributed by atoms with E-state index in [1.165, 1.54) is 4.57 Å². The Morgan fingerprint density at radius 3 is 2.08 bits per heavy atom. The fraction of sp³-hybridized carbons (Fsp3) is 0. The van der Waals surface area contributed by atoms with E-state index in [9.17, 15) is 5.48 Å². The summed E-state index contributed by atoms with van der Waals surface area (Å²) in [5, 5.41) is 4.60. The maximum absolute atomic E-state index is 9.65. The molecule has 4 nitrogen and oxygen atoms in total. The van der Waals surface area contributed by atoms with Crippen molar-refractivity contribution in [3.8, 4) is 28.7 Å². The Hall–Kier alpha value is -5.99. The van der Waals surface area contributed by atoms with Gasteiger partial charge in [0.15, 0.2) is 11.6 Å². The van der Waals surface area contributed by atoms with Crippen LogP contribution in [0.25, 0.3) is 111 Å². The number of rotatable bonds is 3. The van der Waals surface area contributed by atoms with Gasteiger partial charge in [-0.1, -0.05) is 90.8 Å². The van der Waals surface area contributed by atoms with Crippen LogP contribution in [0.3, 0.4) is 0 Å². The summed E-state index contributed by atoms with van der Waals surface area (Å²) in [6.45, 7) is 0. The molecule has 0 aliphatic carbocycles. The van der Waals surface area contributed by atoms with Gasteiger partial charge in [-0.05, 0) is 54.5 Å². The minimum Gasteiger partial charge on any atom is -0.278 e. The van der Waals surface area contributed by atoms with Crippen LogP contribution in [0.1, 0.15) is 13.7 Å². The number of para-hydroxylation sites is 1. The van der Waals surface area contributed by atoms with Gasteiger partial charge >= 0.3 is 0 Å². The van der Waals surface area contributed by atoms with Crippen LogP contribution in [-0.2, 0) is 0 Å². The van der Waals surface area contributed by atoms with Gasteiger partial charge in [-0.15, -0.1) is 34.0 Å². The van der Waals surface area contributed by atoms with Crippen LogP contribution in [0.15, 0.2) is 145 Å². The van der Waals surface area contributed by atoms with Crippen molar-refractivity contribution in [3.63, 3.8) is 0 Å². The van der Waals surface area contributed by atoms with Gasteiger partial charge in [0.25, 0.3) is 0 Å². The molecular weight excluding hydrogens is 693 g/mol. The second-order valence-electron chi connectivity index (χ2n) is 12.4. The first kappa shape index (κ1) is 20.8. The molecule has 12 rings (SSSR count). The third kappa shape index (κ3) is 4.04. The second kappa shape index (κ2) is 10.8. The highest BCUT2D eigenvalue weighted by atomic mass is 32.1. The van der Waals surface area contributed by atoms with Crippen molar-refractivity contribution < 1.29 is 13.7 Å². The van der Waals surface area contributed by atoms with Gasteiger partial charge in [0, 0.05) is 82.4 Å². The SMILES string of the molecule is [2H]c1c([2H])c([2H])c2c(sc3c2c([2H])c([2H])c2c3c3c([2H])c([2H])c([2H])c([2H])c3n2-c2nc(-c3ccc4sc5ccccc5c4c3)nc(-c3cccc4c3sc3ccccc34)n2)c1[2H]. The molecule has 242 valence electrons. The summed E-state index contributed by atoms with van der Waals surface area (Å²) >= 11 is 4.28. The zero-order valence-corrected chi connectivity index (χ0v) is 29.0. The Balaban J connectivity index is 1.26. The Morgan fingerprint density at radius 1 is 0.462 bits per heavy atom. The molecule has 0 atom stereocenters. The largest absolute Gasteiger partial charge is 0.278 e. The van der Waals surface area contributed by atoms with E-state index < -0.39 is 30.2 Å². The Kier molecular flexibility index (Phi) is 4.30. The summed E-state index contributed by atoms with van der Waals surface area (Å²) in [4.78, 5) is 15.3. The Labute approximate surface area is 322 Å². The lowest BCUT2D eigenvalue weighted by atomic mass is 10.1. The van der Waals surface area contributed by atoms with Gasteiger partial charge in [0.1, 0.15) is 0 Å². The molecule has 5 aromatic heterocycles. The summed E-state index contributed by atoms with van der Waals surface area (Å²) in [7, 11) is 0. The third-order valence-electron chi connectivity index (χ3n) is 9.57. The maximum Gasteiger partial charge on any atom is 0.238 e. The van der Waals surface area contributed by atoms with Crippen LogP contribution in [0.4, 0.5) is 0 Å². The van der Waals surface area contributed by atoms with Crippen molar-refractivity contribution in [1.82, 2.24) is 19.5 Å². The predicted molar refractivity (Wildman–Crippen MR) is 224 cm³/mol. The molecule has 0 fully saturated rings. The molecule has 7 aromatic carbocycles. The fourth-order valence-electron chi connectivity index (χ4n) is 7.28. The minimum atomic E-state index is -0.518. The topological polar surface area (TPSA) is 43.6 Å². The summed E-state index contributed by atoms with van der Waals surface area (Å²) in [5.41, 5.74) is 1.39. The van der Waals surface area contributed by atoms with E-state index in [2.05, 4.69) is 30.3 Å². The number of nitrogens with zero attached hydrogens (tertiary/aromatic N) is 4. The lowest BCUT2D eigenvalue weighted by Crippen LogP contribution is -2.06. The van der Waals surface area contributed by atoms with Crippen molar-refractivity contribution in [3.05, 3.63) is 145 Å². The van der Waals surface area contributed by atoms with E-state index in [0.717, 1.165) is 51.7 Å². The van der Waals surface area contributed by atoms with E-state index >= 15 is 0 Å². The van der Waals surface area contributed by atoms with Crippen molar-refractivity contribution in [2.24, 2.45) is 0 Å². The first-order valence-electron chi connectivity index (χ1n) is 21.4. The summed E-state index contributed by atoms with van der Waals surface area (Å²) in [5.74, 6) is 0.527. The zero-order chi connectivity index (χ0) is 42.6. The lowest BCUT2D eigenvalue weighted by Gasteiger charge is -2.11. The van der Waals surface area contributed by atoms with Crippen LogP contribution in [0.2, 0.25) is 0 Å². The van der Waals surface area contributed by atoms with Crippen molar-refractivity contribution in [2.75, 3.05) is 0 Å². The van der Waals surface area contributed by atoms with Gasteiger partial charge in [-0.2, -0.15) is 9.97 Å². The Morgan fingerprint density at radius 2 is 1.17 bits per heavy atom. The summed E-state index contributed by atoms with van der Waals surface area (Å²) in [6, 6.07) is 24.1. The Bertz CT molecular complexity index is 4020. The number of hydrogen-bond acceptors (Lipinski definition) is 6. The highest BCUT2D eigenvalue weighted by molar-refractivity contribution is 7.27. The predicted octanol–water partition coefficient (Wildman–Crippen LogP) is 13.4. The van der Waals surface area contributed by atoms with Crippen molar-refractivity contribution in [1.29, 1.82) is 0 Å². The maximum atomic E-state index is 9.65.